The van der Waals surface area contributed by atoms with Crippen molar-refractivity contribution < 1.29 is 0 Å². The Morgan fingerprint density at radius 3 is 2.90 bits per heavy atom. The molecule has 0 spiro atoms. The third-order valence-electron chi connectivity index (χ3n) is 3.05. The van der Waals surface area contributed by atoms with Crippen LogP contribution in [0.25, 0.3) is 10.2 Å². The van der Waals surface area contributed by atoms with Gasteiger partial charge in [-0.25, -0.2) is 4.98 Å². The van der Waals surface area contributed by atoms with Crippen LogP contribution in [0.2, 0.25) is 0 Å². The number of nitrogen functional groups attached to an aromatic ring is 1. The predicted octanol–water partition coefficient (Wildman–Crippen LogP) is 3.52. The number of thiazole rings is 1. The van der Waals surface area contributed by atoms with E-state index in [9.17, 15) is 0 Å². The first-order valence-electron chi connectivity index (χ1n) is 6.07. The van der Waals surface area contributed by atoms with Gasteiger partial charge in [0.05, 0.1) is 21.8 Å². The zero-order chi connectivity index (χ0) is 14.1. The number of nitrogens with two attached hydrogens (primary N) is 1. The highest BCUT2D eigenvalue weighted by Crippen LogP contribution is 2.33. The first kappa shape index (κ1) is 12.5. The van der Waals surface area contributed by atoms with Gasteiger partial charge in [-0.1, -0.05) is 17.4 Å². The Hall–Kier alpha value is -2.58. The molecule has 2 N–H and O–H groups in total. The van der Waals surface area contributed by atoms with Crippen molar-refractivity contribution in [3.05, 3.63) is 48.0 Å². The molecule has 0 aliphatic carbocycles. The van der Waals surface area contributed by atoms with Crippen LogP contribution in [0.1, 0.15) is 5.56 Å². The Morgan fingerprint density at radius 2 is 2.10 bits per heavy atom. The van der Waals surface area contributed by atoms with Crippen LogP contribution in [0, 0.1) is 11.3 Å². The molecule has 0 unspecified atom stereocenters. The maximum atomic E-state index is 8.96. The first-order chi connectivity index (χ1) is 9.67. The molecule has 2 aromatic carbocycles. The fourth-order valence-electron chi connectivity index (χ4n) is 1.97. The van der Waals surface area contributed by atoms with Crippen molar-refractivity contribution in [2.24, 2.45) is 0 Å². The van der Waals surface area contributed by atoms with Crippen molar-refractivity contribution in [2.75, 3.05) is 17.7 Å². The molecule has 0 saturated heterocycles. The van der Waals surface area contributed by atoms with E-state index in [-0.39, 0.29) is 0 Å². The normalized spacial score (nSPS) is 10.4. The summed E-state index contributed by atoms with van der Waals surface area (Å²) in [6.07, 6.45) is 0. The largest absolute Gasteiger partial charge is 0.399 e. The van der Waals surface area contributed by atoms with Crippen LogP contribution < -0.4 is 10.6 Å². The second-order valence-corrected chi connectivity index (χ2v) is 5.45. The molecule has 0 bridgehead atoms. The highest BCUT2D eigenvalue weighted by molar-refractivity contribution is 7.22. The molecule has 3 aromatic rings. The van der Waals surface area contributed by atoms with E-state index in [4.69, 9.17) is 11.0 Å². The number of benzene rings is 2. The Morgan fingerprint density at radius 1 is 1.25 bits per heavy atom. The molecule has 0 aliphatic heterocycles. The van der Waals surface area contributed by atoms with Crippen LogP contribution in [-0.4, -0.2) is 12.0 Å². The molecule has 0 fully saturated rings. The fourth-order valence-corrected chi connectivity index (χ4v) is 2.96. The summed E-state index contributed by atoms with van der Waals surface area (Å²) in [4.78, 5) is 6.57. The molecular weight excluding hydrogens is 268 g/mol. The zero-order valence-electron chi connectivity index (χ0n) is 10.9. The van der Waals surface area contributed by atoms with Gasteiger partial charge < -0.3 is 10.6 Å². The van der Waals surface area contributed by atoms with Crippen LogP contribution in [-0.2, 0) is 0 Å². The van der Waals surface area contributed by atoms with Gasteiger partial charge >= 0.3 is 0 Å². The third kappa shape index (κ3) is 2.17. The molecule has 5 heteroatoms. The maximum absolute atomic E-state index is 8.96. The Kier molecular flexibility index (Phi) is 3.01. The van der Waals surface area contributed by atoms with Gasteiger partial charge in [0.1, 0.15) is 0 Å². The predicted molar refractivity (Wildman–Crippen MR) is 83.3 cm³/mol. The Labute approximate surface area is 120 Å². The zero-order valence-corrected chi connectivity index (χ0v) is 11.7. The summed E-state index contributed by atoms with van der Waals surface area (Å²) >= 11 is 1.58. The lowest BCUT2D eigenvalue weighted by Gasteiger charge is -2.15. The number of nitrogens with zero attached hydrogens (tertiary/aromatic N) is 3. The van der Waals surface area contributed by atoms with Crippen LogP contribution in [0.3, 0.4) is 0 Å². The summed E-state index contributed by atoms with van der Waals surface area (Å²) in [5.41, 5.74) is 9.04. The topological polar surface area (TPSA) is 65.9 Å². The van der Waals surface area contributed by atoms with E-state index in [2.05, 4.69) is 11.1 Å². The number of rotatable bonds is 2. The number of anilines is 3. The monoisotopic (exact) mass is 280 g/mol. The lowest BCUT2D eigenvalue weighted by Crippen LogP contribution is -2.08. The fraction of sp³-hybridized carbons (Fsp3) is 0.0667. The van der Waals surface area contributed by atoms with Crippen LogP contribution in [0.5, 0.6) is 0 Å². The van der Waals surface area contributed by atoms with Crippen molar-refractivity contribution >= 4 is 38.1 Å². The van der Waals surface area contributed by atoms with Gasteiger partial charge in [-0.15, -0.1) is 0 Å². The maximum Gasteiger partial charge on any atom is 0.190 e. The number of aromatic nitrogens is 1. The number of nitriles is 1. The second kappa shape index (κ2) is 4.83. The molecular formula is C15H12N4S. The third-order valence-corrected chi connectivity index (χ3v) is 4.15. The molecule has 3 rings (SSSR count). The lowest BCUT2D eigenvalue weighted by atomic mass is 10.2. The van der Waals surface area contributed by atoms with Gasteiger partial charge in [0, 0.05) is 18.4 Å². The van der Waals surface area contributed by atoms with Crippen LogP contribution >= 0.6 is 11.3 Å². The number of hydrogen-bond donors (Lipinski definition) is 1. The van der Waals surface area contributed by atoms with Crippen molar-refractivity contribution in [2.45, 2.75) is 0 Å². The molecule has 20 heavy (non-hydrogen) atoms. The van der Waals surface area contributed by atoms with Gasteiger partial charge in [-0.05, 0) is 36.4 Å². The van der Waals surface area contributed by atoms with E-state index in [1.165, 1.54) is 0 Å². The molecule has 0 radical (unpaired) electrons. The van der Waals surface area contributed by atoms with E-state index in [0.717, 1.165) is 26.7 Å². The lowest BCUT2D eigenvalue weighted by molar-refractivity contribution is 1.18. The smallest absolute Gasteiger partial charge is 0.190 e. The highest BCUT2D eigenvalue weighted by Gasteiger charge is 2.10. The summed E-state index contributed by atoms with van der Waals surface area (Å²) in [7, 11) is 1.94. The molecule has 0 amide bonds. The standard InChI is InChI=1S/C15H12N4S/c1-19(12-4-2-3-10(7-12)9-16)15-18-13-6-5-11(17)8-14(13)20-15/h2-8H,17H2,1H3. The first-order valence-corrected chi connectivity index (χ1v) is 6.89. The summed E-state index contributed by atoms with van der Waals surface area (Å²) in [6.45, 7) is 0. The quantitative estimate of drug-likeness (QED) is 0.729. The number of hydrogen-bond acceptors (Lipinski definition) is 5. The van der Waals surface area contributed by atoms with E-state index in [1.54, 1.807) is 17.4 Å². The van der Waals surface area contributed by atoms with Crippen LogP contribution in [0.4, 0.5) is 16.5 Å². The van der Waals surface area contributed by atoms with Gasteiger partial charge in [0.15, 0.2) is 5.13 Å². The van der Waals surface area contributed by atoms with Crippen LogP contribution in [0.15, 0.2) is 42.5 Å². The van der Waals surface area contributed by atoms with E-state index in [0.29, 0.717) is 5.56 Å². The molecule has 4 nitrogen and oxygen atoms in total. The van der Waals surface area contributed by atoms with Gasteiger partial charge in [-0.2, -0.15) is 5.26 Å². The van der Waals surface area contributed by atoms with Crippen molar-refractivity contribution in [1.29, 1.82) is 5.26 Å². The van der Waals surface area contributed by atoms with Gasteiger partial charge in [-0.3, -0.25) is 0 Å². The minimum Gasteiger partial charge on any atom is -0.399 e. The summed E-state index contributed by atoms with van der Waals surface area (Å²) < 4.78 is 1.06. The van der Waals surface area contributed by atoms with Gasteiger partial charge in [0.25, 0.3) is 0 Å². The molecule has 98 valence electrons. The van der Waals surface area contributed by atoms with E-state index in [1.807, 2.05) is 48.3 Å². The molecule has 0 saturated carbocycles. The summed E-state index contributed by atoms with van der Waals surface area (Å²) in [6, 6.07) is 15.3. The average molecular weight is 280 g/mol. The number of fused-ring (bicyclic) bond motifs is 1. The molecule has 0 atom stereocenters. The second-order valence-electron chi connectivity index (χ2n) is 4.44. The van der Waals surface area contributed by atoms with E-state index >= 15 is 0 Å². The summed E-state index contributed by atoms with van der Waals surface area (Å²) in [5, 5.41) is 9.84. The van der Waals surface area contributed by atoms with Crippen molar-refractivity contribution in [3.63, 3.8) is 0 Å². The summed E-state index contributed by atoms with van der Waals surface area (Å²) in [5.74, 6) is 0. The highest BCUT2D eigenvalue weighted by atomic mass is 32.1. The average Bonchev–Trinajstić information content (AvgIpc) is 2.89. The molecule has 1 heterocycles. The minimum atomic E-state index is 0.639. The Bertz CT molecular complexity index is 816. The minimum absolute atomic E-state index is 0.639. The van der Waals surface area contributed by atoms with Crippen molar-refractivity contribution in [1.82, 2.24) is 4.98 Å². The molecule has 1 aromatic heterocycles. The van der Waals surface area contributed by atoms with Gasteiger partial charge in [0.2, 0.25) is 0 Å². The van der Waals surface area contributed by atoms with E-state index < -0.39 is 0 Å². The SMILES string of the molecule is CN(c1cccc(C#N)c1)c1nc2ccc(N)cc2s1. The van der Waals surface area contributed by atoms with Crippen molar-refractivity contribution in [3.8, 4) is 6.07 Å². The Balaban J connectivity index is 2.03. The molecule has 0 aliphatic rings.